The van der Waals surface area contributed by atoms with Crippen molar-refractivity contribution in [2.24, 2.45) is 11.7 Å². The predicted molar refractivity (Wildman–Crippen MR) is 78.8 cm³/mol. The first-order valence-electron chi connectivity index (χ1n) is 6.86. The Morgan fingerprint density at radius 1 is 1.29 bits per heavy atom. The van der Waals surface area contributed by atoms with Crippen LogP contribution >= 0.6 is 0 Å². The molecule has 0 unspecified atom stereocenters. The Morgan fingerprint density at radius 2 is 1.95 bits per heavy atom. The van der Waals surface area contributed by atoms with Gasteiger partial charge in [0.05, 0.1) is 12.6 Å². The highest BCUT2D eigenvalue weighted by Crippen LogP contribution is 2.08. The molecule has 0 aliphatic carbocycles. The van der Waals surface area contributed by atoms with Gasteiger partial charge >= 0.3 is 0 Å². The molecule has 0 spiro atoms. The number of aryl methyl sites for hydroxylation is 1. The first-order chi connectivity index (χ1) is 9.81. The summed E-state index contributed by atoms with van der Waals surface area (Å²) in [5.41, 5.74) is 6.88. The normalized spacial score (nSPS) is 12.1. The van der Waals surface area contributed by atoms with Crippen molar-refractivity contribution in [1.82, 2.24) is 10.6 Å². The molecule has 0 aliphatic heterocycles. The van der Waals surface area contributed by atoms with E-state index in [-0.39, 0.29) is 36.6 Å². The van der Waals surface area contributed by atoms with E-state index in [4.69, 9.17) is 5.73 Å². The summed E-state index contributed by atoms with van der Waals surface area (Å²) in [6, 6.07) is 4.14. The third-order valence-electron chi connectivity index (χ3n) is 3.17. The van der Waals surface area contributed by atoms with Gasteiger partial charge in [0, 0.05) is 6.54 Å². The number of nitrogens with two attached hydrogens (primary N) is 1. The fourth-order valence-corrected chi connectivity index (χ4v) is 1.60. The number of benzene rings is 1. The van der Waals surface area contributed by atoms with Crippen molar-refractivity contribution < 1.29 is 14.0 Å². The summed E-state index contributed by atoms with van der Waals surface area (Å²) >= 11 is 0. The van der Waals surface area contributed by atoms with Crippen LogP contribution in [0.2, 0.25) is 0 Å². The molecule has 0 bridgehead atoms. The van der Waals surface area contributed by atoms with Gasteiger partial charge in [-0.3, -0.25) is 9.59 Å². The lowest BCUT2D eigenvalue weighted by Crippen LogP contribution is -2.47. The summed E-state index contributed by atoms with van der Waals surface area (Å²) in [5, 5.41) is 5.08. The van der Waals surface area contributed by atoms with Crippen LogP contribution in [-0.4, -0.2) is 24.4 Å². The third kappa shape index (κ3) is 5.51. The van der Waals surface area contributed by atoms with Crippen molar-refractivity contribution in [3.05, 3.63) is 35.1 Å². The number of halogens is 1. The molecule has 1 atom stereocenters. The summed E-state index contributed by atoms with van der Waals surface area (Å²) in [7, 11) is 0. The van der Waals surface area contributed by atoms with Crippen LogP contribution in [0.5, 0.6) is 0 Å². The van der Waals surface area contributed by atoms with Gasteiger partial charge in [-0.15, -0.1) is 0 Å². The summed E-state index contributed by atoms with van der Waals surface area (Å²) < 4.78 is 13.3. The van der Waals surface area contributed by atoms with Crippen molar-refractivity contribution in [3.63, 3.8) is 0 Å². The van der Waals surface area contributed by atoms with Crippen LogP contribution in [0.1, 0.15) is 25.0 Å². The van der Waals surface area contributed by atoms with Crippen LogP contribution in [-0.2, 0) is 16.1 Å². The molecule has 2 amide bonds. The number of nitrogens with one attached hydrogen (secondary N) is 2. The highest BCUT2D eigenvalue weighted by Gasteiger charge is 2.17. The smallest absolute Gasteiger partial charge is 0.239 e. The van der Waals surface area contributed by atoms with Crippen LogP contribution < -0.4 is 16.4 Å². The lowest BCUT2D eigenvalue weighted by atomic mass is 10.1. The zero-order chi connectivity index (χ0) is 16.0. The largest absolute Gasteiger partial charge is 0.350 e. The van der Waals surface area contributed by atoms with Gasteiger partial charge in [-0.05, 0) is 30.0 Å². The maximum absolute atomic E-state index is 13.3. The van der Waals surface area contributed by atoms with Crippen molar-refractivity contribution in [3.8, 4) is 0 Å². The van der Waals surface area contributed by atoms with Gasteiger partial charge in [0.15, 0.2) is 0 Å². The maximum Gasteiger partial charge on any atom is 0.239 e. The average Bonchev–Trinajstić information content (AvgIpc) is 2.44. The van der Waals surface area contributed by atoms with Gasteiger partial charge in [-0.2, -0.15) is 0 Å². The Kier molecular flexibility index (Phi) is 6.30. The van der Waals surface area contributed by atoms with E-state index in [0.29, 0.717) is 11.1 Å². The van der Waals surface area contributed by atoms with E-state index in [1.165, 1.54) is 6.07 Å². The Balaban J connectivity index is 2.37. The third-order valence-corrected chi connectivity index (χ3v) is 3.17. The van der Waals surface area contributed by atoms with E-state index in [9.17, 15) is 14.0 Å². The number of hydrogen-bond acceptors (Lipinski definition) is 3. The van der Waals surface area contributed by atoms with Gasteiger partial charge in [0.25, 0.3) is 0 Å². The molecular weight excluding hydrogens is 273 g/mol. The molecule has 0 saturated carbocycles. The van der Waals surface area contributed by atoms with Crippen LogP contribution in [0.15, 0.2) is 18.2 Å². The minimum atomic E-state index is -0.635. The predicted octanol–water partition coefficient (Wildman–Crippen LogP) is 0.850. The molecule has 1 aromatic carbocycles. The first-order valence-corrected chi connectivity index (χ1v) is 6.86. The van der Waals surface area contributed by atoms with E-state index < -0.39 is 6.04 Å². The lowest BCUT2D eigenvalue weighted by molar-refractivity contribution is -0.127. The van der Waals surface area contributed by atoms with Crippen LogP contribution in [0.3, 0.4) is 0 Å². The number of amides is 2. The highest BCUT2D eigenvalue weighted by molar-refractivity contribution is 5.87. The summed E-state index contributed by atoms with van der Waals surface area (Å²) in [6.07, 6.45) is 0. The van der Waals surface area contributed by atoms with Crippen LogP contribution in [0, 0.1) is 18.7 Å². The monoisotopic (exact) mass is 295 g/mol. The van der Waals surface area contributed by atoms with E-state index in [1.54, 1.807) is 19.1 Å². The van der Waals surface area contributed by atoms with Crippen molar-refractivity contribution in [2.75, 3.05) is 6.54 Å². The number of rotatable bonds is 6. The second kappa shape index (κ2) is 7.73. The zero-order valence-electron chi connectivity index (χ0n) is 12.6. The molecule has 1 aromatic rings. The molecule has 0 aliphatic rings. The average molecular weight is 295 g/mol. The molecule has 0 heterocycles. The van der Waals surface area contributed by atoms with Crippen molar-refractivity contribution >= 4 is 11.8 Å². The van der Waals surface area contributed by atoms with Crippen molar-refractivity contribution in [1.29, 1.82) is 0 Å². The van der Waals surface area contributed by atoms with E-state index >= 15 is 0 Å². The molecule has 0 radical (unpaired) electrons. The van der Waals surface area contributed by atoms with Gasteiger partial charge in [0.2, 0.25) is 11.8 Å². The van der Waals surface area contributed by atoms with E-state index in [1.807, 2.05) is 13.8 Å². The number of carbonyl (C=O) groups is 2. The van der Waals surface area contributed by atoms with Gasteiger partial charge in [-0.25, -0.2) is 4.39 Å². The fourth-order valence-electron chi connectivity index (χ4n) is 1.60. The molecule has 1 rings (SSSR count). The Bertz CT molecular complexity index is 518. The van der Waals surface area contributed by atoms with Crippen LogP contribution in [0.25, 0.3) is 0 Å². The minimum Gasteiger partial charge on any atom is -0.350 e. The Labute approximate surface area is 124 Å². The molecular formula is C15H22FN3O2. The van der Waals surface area contributed by atoms with Gasteiger partial charge in [0.1, 0.15) is 5.82 Å². The summed E-state index contributed by atoms with van der Waals surface area (Å²) in [5.74, 6) is -1.01. The second-order valence-electron chi connectivity index (χ2n) is 5.35. The van der Waals surface area contributed by atoms with Gasteiger partial charge in [-0.1, -0.05) is 26.0 Å². The summed E-state index contributed by atoms with van der Waals surface area (Å²) in [4.78, 5) is 23.2. The molecule has 0 saturated heterocycles. The van der Waals surface area contributed by atoms with Gasteiger partial charge < -0.3 is 16.4 Å². The second-order valence-corrected chi connectivity index (χ2v) is 5.35. The number of hydrogen-bond donors (Lipinski definition) is 3. The minimum absolute atomic E-state index is 0.00333. The first kappa shape index (κ1) is 17.1. The zero-order valence-corrected chi connectivity index (χ0v) is 12.6. The Morgan fingerprint density at radius 3 is 2.52 bits per heavy atom. The SMILES string of the molecule is Cc1ccc(CNC(=O)CNC(=O)[C@@H](N)C(C)C)cc1F. The topological polar surface area (TPSA) is 84.2 Å². The van der Waals surface area contributed by atoms with Crippen LogP contribution in [0.4, 0.5) is 4.39 Å². The Hall–Kier alpha value is -1.95. The molecule has 4 N–H and O–H groups in total. The lowest BCUT2D eigenvalue weighted by Gasteiger charge is -2.15. The number of carbonyl (C=O) groups excluding carboxylic acids is 2. The van der Waals surface area contributed by atoms with E-state index in [0.717, 1.165) is 0 Å². The quantitative estimate of drug-likeness (QED) is 0.727. The molecule has 0 fully saturated rings. The van der Waals surface area contributed by atoms with Crippen molar-refractivity contribution in [2.45, 2.75) is 33.4 Å². The molecule has 116 valence electrons. The maximum atomic E-state index is 13.3. The molecule has 5 nitrogen and oxygen atoms in total. The summed E-state index contributed by atoms with van der Waals surface area (Å²) in [6.45, 7) is 5.40. The molecule has 21 heavy (non-hydrogen) atoms. The van der Waals surface area contributed by atoms with E-state index in [2.05, 4.69) is 10.6 Å². The standard InChI is InChI=1S/C15H22FN3O2/c1-9(2)14(17)15(21)19-8-13(20)18-7-11-5-4-10(3)12(16)6-11/h4-6,9,14H,7-8,17H2,1-3H3,(H,18,20)(H,19,21)/t14-/m0/s1. The molecule has 0 aromatic heterocycles. The molecule has 6 heteroatoms. The fraction of sp³-hybridized carbons (Fsp3) is 0.467. The highest BCUT2D eigenvalue weighted by atomic mass is 19.1.